The second-order valence-electron chi connectivity index (χ2n) is 5.99. The first-order valence-corrected chi connectivity index (χ1v) is 10.1. The number of aromatic nitrogens is 3. The predicted octanol–water partition coefficient (Wildman–Crippen LogP) is 5.58. The number of amides is 1. The van der Waals surface area contributed by atoms with Crippen molar-refractivity contribution in [3.8, 4) is 0 Å². The van der Waals surface area contributed by atoms with Crippen LogP contribution in [-0.4, -0.2) is 20.5 Å². The number of nitrogens with zero attached hydrogens (tertiary/aromatic N) is 3. The predicted molar refractivity (Wildman–Crippen MR) is 113 cm³/mol. The fourth-order valence-electron chi connectivity index (χ4n) is 2.63. The van der Waals surface area contributed by atoms with Crippen LogP contribution in [0, 0.1) is 0 Å². The monoisotopic (exact) mass is 428 g/mol. The van der Waals surface area contributed by atoms with E-state index < -0.39 is 0 Å². The summed E-state index contributed by atoms with van der Waals surface area (Å²) in [5.41, 5.74) is 3.00. The zero-order chi connectivity index (χ0) is 19.5. The Labute approximate surface area is 175 Å². The Bertz CT molecular complexity index is 1130. The molecule has 0 bridgehead atoms. The third kappa shape index (κ3) is 4.14. The molecule has 4 aromatic rings. The number of nitrogens with one attached hydrogen (secondary N) is 1. The van der Waals surface area contributed by atoms with Crippen LogP contribution in [0.15, 0.2) is 72.0 Å². The molecule has 2 aromatic carbocycles. The largest absolute Gasteiger partial charge is 0.322 e. The van der Waals surface area contributed by atoms with Gasteiger partial charge in [0.1, 0.15) is 0 Å². The molecular weight excluding hydrogens is 415 g/mol. The number of carbonyl (C=O) groups is 1. The van der Waals surface area contributed by atoms with Gasteiger partial charge in [-0.3, -0.25) is 9.20 Å². The molecule has 1 amide bonds. The molecule has 1 N–H and O–H groups in total. The topological polar surface area (TPSA) is 59.3 Å². The van der Waals surface area contributed by atoms with E-state index >= 15 is 0 Å². The molecule has 0 saturated carbocycles. The Morgan fingerprint density at radius 2 is 1.79 bits per heavy atom. The maximum atomic E-state index is 12.3. The van der Waals surface area contributed by atoms with Crippen molar-refractivity contribution in [2.45, 2.75) is 10.9 Å². The van der Waals surface area contributed by atoms with Crippen LogP contribution in [0.1, 0.15) is 15.9 Å². The average molecular weight is 429 g/mol. The molecule has 0 unspecified atom stereocenters. The molecular formula is C20H14Cl2N4OS. The minimum absolute atomic E-state index is 0.141. The van der Waals surface area contributed by atoms with E-state index in [9.17, 15) is 4.79 Å². The zero-order valence-corrected chi connectivity index (χ0v) is 16.8. The van der Waals surface area contributed by atoms with Crippen LogP contribution < -0.4 is 5.32 Å². The minimum atomic E-state index is -0.141. The molecule has 4 rings (SSSR count). The van der Waals surface area contributed by atoms with E-state index in [0.717, 1.165) is 11.3 Å². The third-order valence-electron chi connectivity index (χ3n) is 4.01. The van der Waals surface area contributed by atoms with Gasteiger partial charge >= 0.3 is 0 Å². The van der Waals surface area contributed by atoms with Crippen LogP contribution in [0.2, 0.25) is 10.0 Å². The average Bonchev–Trinajstić information content (AvgIpc) is 3.10. The zero-order valence-electron chi connectivity index (χ0n) is 14.5. The van der Waals surface area contributed by atoms with Gasteiger partial charge in [0.15, 0.2) is 10.8 Å². The number of anilines is 1. The van der Waals surface area contributed by atoms with E-state index in [1.54, 1.807) is 16.7 Å². The normalized spacial score (nSPS) is 10.9. The highest BCUT2D eigenvalue weighted by atomic mass is 35.5. The quantitative estimate of drug-likeness (QED) is 0.421. The number of benzene rings is 2. The molecule has 0 radical (unpaired) electrons. The first-order chi connectivity index (χ1) is 13.6. The number of thioether (sulfide) groups is 1. The van der Waals surface area contributed by atoms with E-state index in [2.05, 4.69) is 15.5 Å². The van der Waals surface area contributed by atoms with E-state index in [-0.39, 0.29) is 5.91 Å². The van der Waals surface area contributed by atoms with Gasteiger partial charge in [-0.2, -0.15) is 0 Å². The maximum absolute atomic E-state index is 12.3. The van der Waals surface area contributed by atoms with Crippen LogP contribution >= 0.6 is 35.0 Å². The number of fused-ring (bicyclic) bond motifs is 1. The highest BCUT2D eigenvalue weighted by molar-refractivity contribution is 7.98. The van der Waals surface area contributed by atoms with Crippen LogP contribution in [0.4, 0.5) is 5.69 Å². The summed E-state index contributed by atoms with van der Waals surface area (Å²) in [6.07, 6.45) is 1.74. The standard InChI is InChI=1S/C20H14Cl2N4OS/c21-15-10-17(22)18-24-25-20(26(18)11-15)28-12-13-6-8-14(9-7-13)19(27)23-16-4-2-1-3-5-16/h1-11H,12H2,(H,23,27). The summed E-state index contributed by atoms with van der Waals surface area (Å²) in [7, 11) is 0. The van der Waals surface area contributed by atoms with Gasteiger partial charge < -0.3 is 5.32 Å². The smallest absolute Gasteiger partial charge is 0.255 e. The number of hydrogen-bond donors (Lipinski definition) is 1. The lowest BCUT2D eigenvalue weighted by Gasteiger charge is -2.06. The van der Waals surface area contributed by atoms with Crippen LogP contribution in [0.5, 0.6) is 0 Å². The Morgan fingerprint density at radius 3 is 2.54 bits per heavy atom. The second-order valence-corrected chi connectivity index (χ2v) is 7.77. The fraction of sp³-hybridized carbons (Fsp3) is 0.0500. The number of halogens is 2. The molecule has 0 aliphatic rings. The van der Waals surface area contributed by atoms with Crippen molar-refractivity contribution >= 4 is 52.2 Å². The Kier molecular flexibility index (Phi) is 5.52. The van der Waals surface area contributed by atoms with Gasteiger partial charge in [0, 0.05) is 23.2 Å². The van der Waals surface area contributed by atoms with Gasteiger partial charge in [-0.25, -0.2) is 0 Å². The SMILES string of the molecule is O=C(Nc1ccccc1)c1ccc(CSc2nnc3c(Cl)cc(Cl)cn23)cc1. The number of pyridine rings is 1. The van der Waals surface area contributed by atoms with Gasteiger partial charge in [-0.1, -0.05) is 65.3 Å². The minimum Gasteiger partial charge on any atom is -0.322 e. The fourth-order valence-corrected chi connectivity index (χ4v) is 4.00. The van der Waals surface area contributed by atoms with Crippen molar-refractivity contribution in [1.29, 1.82) is 0 Å². The van der Waals surface area contributed by atoms with Gasteiger partial charge in [-0.15, -0.1) is 10.2 Å². The van der Waals surface area contributed by atoms with Gasteiger partial charge in [0.2, 0.25) is 0 Å². The van der Waals surface area contributed by atoms with E-state index in [1.807, 2.05) is 54.6 Å². The second kappa shape index (κ2) is 8.22. The molecule has 0 saturated heterocycles. The maximum Gasteiger partial charge on any atom is 0.255 e. The van der Waals surface area contributed by atoms with E-state index in [1.165, 1.54) is 11.8 Å². The first-order valence-electron chi connectivity index (χ1n) is 8.38. The van der Waals surface area contributed by atoms with E-state index in [0.29, 0.717) is 32.2 Å². The molecule has 5 nitrogen and oxygen atoms in total. The molecule has 28 heavy (non-hydrogen) atoms. The molecule has 0 atom stereocenters. The molecule has 2 aromatic heterocycles. The summed E-state index contributed by atoms with van der Waals surface area (Å²) in [6.45, 7) is 0. The molecule has 140 valence electrons. The molecule has 2 heterocycles. The summed E-state index contributed by atoms with van der Waals surface area (Å²) in [4.78, 5) is 12.3. The summed E-state index contributed by atoms with van der Waals surface area (Å²) in [5, 5.41) is 12.8. The Balaban J connectivity index is 1.43. The number of para-hydroxylation sites is 1. The van der Waals surface area contributed by atoms with Crippen LogP contribution in [0.3, 0.4) is 0 Å². The summed E-state index contributed by atoms with van der Waals surface area (Å²) in [5.74, 6) is 0.532. The van der Waals surface area contributed by atoms with Gasteiger partial charge in [0.25, 0.3) is 5.91 Å². The highest BCUT2D eigenvalue weighted by Crippen LogP contribution is 2.27. The van der Waals surface area contributed by atoms with Crippen molar-refractivity contribution in [3.63, 3.8) is 0 Å². The third-order valence-corrected chi connectivity index (χ3v) is 5.51. The molecule has 8 heteroatoms. The molecule has 0 aliphatic heterocycles. The van der Waals surface area contributed by atoms with Crippen molar-refractivity contribution in [1.82, 2.24) is 14.6 Å². The Hall–Kier alpha value is -2.54. The molecule has 0 spiro atoms. The lowest BCUT2D eigenvalue weighted by Crippen LogP contribution is -2.11. The van der Waals surface area contributed by atoms with Crippen molar-refractivity contribution in [2.75, 3.05) is 5.32 Å². The van der Waals surface area contributed by atoms with Crippen molar-refractivity contribution < 1.29 is 4.79 Å². The number of carbonyl (C=O) groups excluding carboxylic acids is 1. The molecule has 0 aliphatic carbocycles. The summed E-state index contributed by atoms with van der Waals surface area (Å²) in [6, 6.07) is 18.5. The number of rotatable bonds is 5. The van der Waals surface area contributed by atoms with Gasteiger partial charge in [-0.05, 0) is 35.9 Å². The van der Waals surface area contributed by atoms with Gasteiger partial charge in [0.05, 0.1) is 10.0 Å². The number of hydrogen-bond acceptors (Lipinski definition) is 4. The van der Waals surface area contributed by atoms with Crippen molar-refractivity contribution in [2.24, 2.45) is 0 Å². The highest BCUT2D eigenvalue weighted by Gasteiger charge is 2.11. The molecule has 0 fully saturated rings. The van der Waals surface area contributed by atoms with Crippen LogP contribution in [0.25, 0.3) is 5.65 Å². The lowest BCUT2D eigenvalue weighted by molar-refractivity contribution is 0.102. The van der Waals surface area contributed by atoms with E-state index in [4.69, 9.17) is 23.2 Å². The Morgan fingerprint density at radius 1 is 1.04 bits per heavy atom. The lowest BCUT2D eigenvalue weighted by atomic mass is 10.1. The summed E-state index contributed by atoms with van der Waals surface area (Å²) < 4.78 is 1.77. The first kappa shape index (κ1) is 18.8. The summed E-state index contributed by atoms with van der Waals surface area (Å²) >= 11 is 13.7. The van der Waals surface area contributed by atoms with Crippen LogP contribution in [-0.2, 0) is 5.75 Å². The van der Waals surface area contributed by atoms with Crippen molar-refractivity contribution in [3.05, 3.63) is 88.0 Å².